The van der Waals surface area contributed by atoms with E-state index < -0.39 is 0 Å². The third-order valence-electron chi connectivity index (χ3n) is 5.35. The van der Waals surface area contributed by atoms with Crippen LogP contribution in [0.4, 0.5) is 0 Å². The number of hydrogen-bond acceptors (Lipinski definition) is 2. The maximum absolute atomic E-state index is 11.2. The zero-order chi connectivity index (χ0) is 20.3. The lowest BCUT2D eigenvalue weighted by Gasteiger charge is -2.05. The summed E-state index contributed by atoms with van der Waals surface area (Å²) in [6.07, 6.45) is 25.4. The Morgan fingerprint density at radius 1 is 0.821 bits per heavy atom. The van der Waals surface area contributed by atoms with Crippen LogP contribution in [0.15, 0.2) is 30.6 Å². The highest BCUT2D eigenvalue weighted by Crippen LogP contribution is 2.14. The third kappa shape index (κ3) is 14.5. The van der Waals surface area contributed by atoms with E-state index >= 15 is 0 Å². The molecule has 1 rings (SSSR count). The average molecular weight is 390 g/mol. The van der Waals surface area contributed by atoms with Crippen LogP contribution in [0.1, 0.15) is 109 Å². The molecular formula is C25H43NO2. The van der Waals surface area contributed by atoms with Crippen LogP contribution in [0.3, 0.4) is 0 Å². The molecule has 0 saturated heterocycles. The van der Waals surface area contributed by atoms with Crippen molar-refractivity contribution in [2.24, 2.45) is 0 Å². The molecule has 0 aromatic carbocycles. The fourth-order valence-corrected chi connectivity index (χ4v) is 3.53. The molecule has 160 valence electrons. The van der Waals surface area contributed by atoms with Gasteiger partial charge in [-0.25, -0.2) is 4.79 Å². The third-order valence-corrected chi connectivity index (χ3v) is 5.35. The van der Waals surface area contributed by atoms with E-state index in [1.807, 2.05) is 6.20 Å². The number of esters is 1. The molecule has 1 aromatic rings. The highest BCUT2D eigenvalue weighted by atomic mass is 16.5. The lowest BCUT2D eigenvalue weighted by Crippen LogP contribution is -2.05. The Balaban J connectivity index is 1.68. The van der Waals surface area contributed by atoms with Crippen LogP contribution in [0.25, 0.3) is 0 Å². The summed E-state index contributed by atoms with van der Waals surface area (Å²) < 4.78 is 5.10. The molecule has 3 heteroatoms. The molecule has 0 unspecified atom stereocenters. The van der Waals surface area contributed by atoms with Gasteiger partial charge in [0.25, 0.3) is 0 Å². The van der Waals surface area contributed by atoms with Gasteiger partial charge in [-0.05, 0) is 37.8 Å². The lowest BCUT2D eigenvalue weighted by atomic mass is 10.0. The average Bonchev–Trinajstić information content (AvgIpc) is 3.20. The van der Waals surface area contributed by atoms with Crippen LogP contribution < -0.4 is 0 Å². The summed E-state index contributed by atoms with van der Waals surface area (Å²) in [5, 5.41) is 0. The summed E-state index contributed by atoms with van der Waals surface area (Å²) in [6, 6.07) is 2.19. The Labute approximate surface area is 173 Å². The maximum Gasteiger partial charge on any atom is 0.333 e. The van der Waals surface area contributed by atoms with Gasteiger partial charge >= 0.3 is 5.97 Å². The minimum absolute atomic E-state index is 0.257. The molecule has 0 atom stereocenters. The van der Waals surface area contributed by atoms with E-state index in [2.05, 4.69) is 23.8 Å². The van der Waals surface area contributed by atoms with Gasteiger partial charge in [-0.2, -0.15) is 0 Å². The van der Waals surface area contributed by atoms with Crippen LogP contribution in [0.5, 0.6) is 0 Å². The molecule has 0 spiro atoms. The molecule has 0 saturated carbocycles. The molecule has 0 aliphatic heterocycles. The summed E-state index contributed by atoms with van der Waals surface area (Å²) in [7, 11) is 0. The van der Waals surface area contributed by atoms with Crippen molar-refractivity contribution in [1.82, 2.24) is 4.98 Å². The highest BCUT2D eigenvalue weighted by Gasteiger charge is 2.01. The second-order valence-electron chi connectivity index (χ2n) is 8.19. The van der Waals surface area contributed by atoms with E-state index in [4.69, 9.17) is 4.74 Å². The minimum atomic E-state index is -0.257. The molecular weight excluding hydrogens is 346 g/mol. The maximum atomic E-state index is 11.2. The zero-order valence-corrected chi connectivity index (χ0v) is 18.3. The molecule has 0 aliphatic carbocycles. The van der Waals surface area contributed by atoms with Crippen molar-refractivity contribution in [3.8, 4) is 0 Å². The number of nitrogens with one attached hydrogen (secondary N) is 1. The Bertz CT molecular complexity index is 493. The minimum Gasteiger partial charge on any atom is -0.462 e. The molecule has 28 heavy (non-hydrogen) atoms. The van der Waals surface area contributed by atoms with Crippen LogP contribution in [0, 0.1) is 0 Å². The quantitative estimate of drug-likeness (QED) is 0.151. The Kier molecular flexibility index (Phi) is 15.4. The van der Waals surface area contributed by atoms with Crippen molar-refractivity contribution in [2.75, 3.05) is 6.61 Å². The van der Waals surface area contributed by atoms with Gasteiger partial charge < -0.3 is 9.72 Å². The van der Waals surface area contributed by atoms with Crippen LogP contribution in [-0.4, -0.2) is 17.6 Å². The van der Waals surface area contributed by atoms with E-state index in [0.29, 0.717) is 12.2 Å². The first-order chi connectivity index (χ1) is 13.7. The Morgan fingerprint density at radius 2 is 1.29 bits per heavy atom. The first kappa shape index (κ1) is 24.5. The number of carbonyl (C=O) groups is 1. The normalized spacial score (nSPS) is 10.9. The fourth-order valence-electron chi connectivity index (χ4n) is 3.53. The summed E-state index contributed by atoms with van der Waals surface area (Å²) in [5.41, 5.74) is 1.94. The summed E-state index contributed by atoms with van der Waals surface area (Å²) in [6.45, 7) is 5.81. The monoisotopic (exact) mass is 389 g/mol. The number of aromatic nitrogens is 1. The summed E-state index contributed by atoms with van der Waals surface area (Å²) in [5.74, 6) is -0.257. The molecule has 0 bridgehead atoms. The fraction of sp³-hybridized carbons (Fsp3) is 0.720. The molecule has 3 nitrogen and oxygen atoms in total. The largest absolute Gasteiger partial charge is 0.462 e. The number of H-pyrrole nitrogens is 1. The second kappa shape index (κ2) is 17.6. The van der Waals surface area contributed by atoms with Gasteiger partial charge in [-0.3, -0.25) is 0 Å². The highest BCUT2D eigenvalue weighted by molar-refractivity contribution is 5.86. The predicted molar refractivity (Wildman–Crippen MR) is 120 cm³/mol. The molecule has 0 radical (unpaired) electrons. The van der Waals surface area contributed by atoms with Gasteiger partial charge in [0.2, 0.25) is 0 Å². The number of ether oxygens (including phenoxy) is 1. The number of carbonyl (C=O) groups excluding carboxylic acids is 1. The van der Waals surface area contributed by atoms with Gasteiger partial charge in [0.05, 0.1) is 6.61 Å². The number of rotatable bonds is 19. The van der Waals surface area contributed by atoms with Crippen molar-refractivity contribution in [1.29, 1.82) is 0 Å². The molecule has 1 heterocycles. The molecule has 1 aromatic heterocycles. The van der Waals surface area contributed by atoms with E-state index in [0.717, 1.165) is 12.8 Å². The number of unbranched alkanes of at least 4 members (excludes halogenated alkanes) is 14. The number of hydrogen-bond donors (Lipinski definition) is 1. The lowest BCUT2D eigenvalue weighted by molar-refractivity contribution is -0.139. The van der Waals surface area contributed by atoms with Crippen molar-refractivity contribution in [3.05, 3.63) is 36.2 Å². The van der Waals surface area contributed by atoms with Crippen molar-refractivity contribution < 1.29 is 9.53 Å². The first-order valence-electron chi connectivity index (χ1n) is 11.6. The van der Waals surface area contributed by atoms with E-state index in [1.54, 1.807) is 6.92 Å². The molecule has 0 aliphatic rings. The SMILES string of the molecule is C=C(C)C(=O)OCCCCCCCCCCCCCCCCCc1cc[nH]c1. The smallest absolute Gasteiger partial charge is 0.333 e. The van der Waals surface area contributed by atoms with Gasteiger partial charge in [-0.15, -0.1) is 0 Å². The number of aromatic amines is 1. The van der Waals surface area contributed by atoms with E-state index in [9.17, 15) is 4.79 Å². The van der Waals surface area contributed by atoms with Crippen molar-refractivity contribution in [2.45, 2.75) is 110 Å². The standard InChI is InChI=1S/C25H43NO2/c1-23(2)25(27)28-21-17-15-13-11-9-7-5-3-4-6-8-10-12-14-16-18-24-19-20-26-22-24/h19-20,22,26H,1,3-18,21H2,2H3. The van der Waals surface area contributed by atoms with Crippen LogP contribution in [-0.2, 0) is 16.0 Å². The molecule has 0 amide bonds. The van der Waals surface area contributed by atoms with Gasteiger partial charge in [-0.1, -0.05) is 90.0 Å². The Hall–Kier alpha value is -1.51. The number of aryl methyl sites for hydroxylation is 1. The van der Waals surface area contributed by atoms with Crippen molar-refractivity contribution >= 4 is 5.97 Å². The predicted octanol–water partition coefficient (Wildman–Crippen LogP) is 7.53. The van der Waals surface area contributed by atoms with Crippen LogP contribution in [0.2, 0.25) is 0 Å². The van der Waals surface area contributed by atoms with E-state index in [1.165, 1.54) is 95.5 Å². The topological polar surface area (TPSA) is 42.1 Å². The first-order valence-corrected chi connectivity index (χ1v) is 11.6. The van der Waals surface area contributed by atoms with Crippen LogP contribution >= 0.6 is 0 Å². The van der Waals surface area contributed by atoms with Gasteiger partial charge in [0, 0.05) is 18.0 Å². The van der Waals surface area contributed by atoms with Gasteiger partial charge in [0.15, 0.2) is 0 Å². The summed E-state index contributed by atoms with van der Waals surface area (Å²) in [4.78, 5) is 14.3. The van der Waals surface area contributed by atoms with Gasteiger partial charge in [0.1, 0.15) is 0 Å². The van der Waals surface area contributed by atoms with Crippen molar-refractivity contribution in [3.63, 3.8) is 0 Å². The summed E-state index contributed by atoms with van der Waals surface area (Å²) >= 11 is 0. The second-order valence-corrected chi connectivity index (χ2v) is 8.19. The molecule has 1 N–H and O–H groups in total. The van der Waals surface area contributed by atoms with E-state index in [-0.39, 0.29) is 5.97 Å². The Morgan fingerprint density at radius 3 is 1.71 bits per heavy atom. The zero-order valence-electron chi connectivity index (χ0n) is 18.3. The molecule has 0 fully saturated rings.